The first-order chi connectivity index (χ1) is 5.27. The van der Waals surface area contributed by atoms with Crippen LogP contribution in [0.15, 0.2) is 0 Å². The van der Waals surface area contributed by atoms with E-state index in [9.17, 15) is 10.1 Å². The lowest BCUT2D eigenvalue weighted by molar-refractivity contribution is -0.559. The van der Waals surface area contributed by atoms with Gasteiger partial charge >= 0.3 is 0 Å². The van der Waals surface area contributed by atoms with E-state index < -0.39 is 0 Å². The number of hydrogen-bond donors (Lipinski definition) is 0. The molecule has 0 aromatic heterocycles. The van der Waals surface area contributed by atoms with Gasteiger partial charge in [-0.3, -0.25) is 10.1 Å². The van der Waals surface area contributed by atoms with Gasteiger partial charge in [0.15, 0.2) is 0 Å². The van der Waals surface area contributed by atoms with Gasteiger partial charge in [-0.15, -0.1) is 0 Å². The van der Waals surface area contributed by atoms with Crippen LogP contribution in [-0.4, -0.2) is 29.1 Å². The zero-order chi connectivity index (χ0) is 7.84. The van der Waals surface area contributed by atoms with Gasteiger partial charge in [0.2, 0.25) is 0 Å². The first-order valence-electron chi connectivity index (χ1n) is 4.15. The summed E-state index contributed by atoms with van der Waals surface area (Å²) in [6, 6.07) is 0. The van der Waals surface area contributed by atoms with Gasteiger partial charge in [0.25, 0.3) is 6.17 Å². The van der Waals surface area contributed by atoms with E-state index in [0.29, 0.717) is 5.92 Å². The second-order valence-electron chi connectivity index (χ2n) is 3.48. The molecule has 0 aromatic carbocycles. The van der Waals surface area contributed by atoms with E-state index in [1.807, 2.05) is 4.90 Å². The monoisotopic (exact) mass is 156 g/mol. The van der Waals surface area contributed by atoms with Crippen LogP contribution in [0.2, 0.25) is 0 Å². The summed E-state index contributed by atoms with van der Waals surface area (Å²) in [6.45, 7) is 1.88. The molecule has 4 nitrogen and oxygen atoms in total. The highest BCUT2D eigenvalue weighted by atomic mass is 16.6. The maximum atomic E-state index is 10.5. The molecule has 0 spiro atoms. The van der Waals surface area contributed by atoms with Crippen molar-refractivity contribution in [2.75, 3.05) is 13.1 Å². The lowest BCUT2D eigenvalue weighted by atomic mass is 9.86. The van der Waals surface area contributed by atoms with Gasteiger partial charge in [-0.2, -0.15) is 0 Å². The maximum absolute atomic E-state index is 10.5. The Kier molecular flexibility index (Phi) is 1.56. The van der Waals surface area contributed by atoms with Crippen molar-refractivity contribution in [1.82, 2.24) is 4.90 Å². The summed E-state index contributed by atoms with van der Waals surface area (Å²) in [5.41, 5.74) is 0. The van der Waals surface area contributed by atoms with Gasteiger partial charge in [0.05, 0.1) is 0 Å². The summed E-state index contributed by atoms with van der Waals surface area (Å²) in [7, 11) is 0. The summed E-state index contributed by atoms with van der Waals surface area (Å²) in [6.07, 6.45) is 2.77. The summed E-state index contributed by atoms with van der Waals surface area (Å²) in [5, 5.41) is 10.5. The number of nitro groups is 1. The topological polar surface area (TPSA) is 46.4 Å². The van der Waals surface area contributed by atoms with E-state index in [4.69, 9.17) is 0 Å². The molecule has 0 radical (unpaired) electrons. The van der Waals surface area contributed by atoms with Gasteiger partial charge in [0, 0.05) is 24.4 Å². The highest BCUT2D eigenvalue weighted by Gasteiger charge is 2.40. The smallest absolute Gasteiger partial charge is 0.263 e. The second kappa shape index (κ2) is 2.44. The second-order valence-corrected chi connectivity index (χ2v) is 3.48. The first-order valence-corrected chi connectivity index (χ1v) is 4.15. The van der Waals surface area contributed by atoms with Gasteiger partial charge in [-0.1, -0.05) is 0 Å². The highest BCUT2D eigenvalue weighted by Crippen LogP contribution is 2.31. The molecule has 3 rings (SSSR count). The van der Waals surface area contributed by atoms with Crippen LogP contribution >= 0.6 is 0 Å². The highest BCUT2D eigenvalue weighted by molar-refractivity contribution is 4.82. The molecule has 0 N–H and O–H groups in total. The van der Waals surface area contributed by atoms with Crippen LogP contribution in [-0.2, 0) is 0 Å². The minimum absolute atomic E-state index is 0.134. The average Bonchev–Trinajstić information content (AvgIpc) is 2.06. The lowest BCUT2D eigenvalue weighted by Crippen LogP contribution is -2.52. The minimum Gasteiger partial charge on any atom is -0.263 e. The molecular formula is C7H12N2O2. The zero-order valence-electron chi connectivity index (χ0n) is 6.40. The molecular weight excluding hydrogens is 144 g/mol. The van der Waals surface area contributed by atoms with Gasteiger partial charge in [-0.05, 0) is 18.8 Å². The Morgan fingerprint density at radius 3 is 2.27 bits per heavy atom. The number of fused-ring (bicyclic) bond motifs is 3. The molecule has 3 heterocycles. The molecule has 1 unspecified atom stereocenters. The molecule has 2 bridgehead atoms. The SMILES string of the molecule is O=[N+]([O-])C1CC2CCN1CC2. The Morgan fingerprint density at radius 1 is 1.36 bits per heavy atom. The fraction of sp³-hybridized carbons (Fsp3) is 1.00. The summed E-state index contributed by atoms with van der Waals surface area (Å²) >= 11 is 0. The van der Waals surface area contributed by atoms with Crippen LogP contribution < -0.4 is 0 Å². The Morgan fingerprint density at radius 2 is 2.00 bits per heavy atom. The van der Waals surface area contributed by atoms with Crippen molar-refractivity contribution in [2.24, 2.45) is 5.92 Å². The lowest BCUT2D eigenvalue weighted by Gasteiger charge is -2.40. The number of piperidine rings is 3. The van der Waals surface area contributed by atoms with Crippen molar-refractivity contribution in [3.05, 3.63) is 10.1 Å². The number of rotatable bonds is 1. The number of nitrogens with zero attached hydrogens (tertiary/aromatic N) is 2. The molecule has 3 aliphatic heterocycles. The maximum Gasteiger partial charge on any atom is 0.268 e. The van der Waals surface area contributed by atoms with E-state index in [2.05, 4.69) is 0 Å². The molecule has 1 atom stereocenters. The molecule has 3 aliphatic rings. The van der Waals surface area contributed by atoms with Crippen molar-refractivity contribution in [3.8, 4) is 0 Å². The van der Waals surface area contributed by atoms with Crippen LogP contribution in [0.3, 0.4) is 0 Å². The third-order valence-electron chi connectivity index (χ3n) is 2.86. The molecule has 3 saturated heterocycles. The Bertz CT molecular complexity index is 175. The molecule has 0 aliphatic carbocycles. The van der Waals surface area contributed by atoms with E-state index in [1.165, 1.54) is 12.8 Å². The van der Waals surface area contributed by atoms with Crippen molar-refractivity contribution in [2.45, 2.75) is 25.4 Å². The van der Waals surface area contributed by atoms with Crippen molar-refractivity contribution >= 4 is 0 Å². The molecule has 0 aromatic rings. The molecule has 62 valence electrons. The summed E-state index contributed by atoms with van der Waals surface area (Å²) in [4.78, 5) is 12.4. The molecule has 3 fully saturated rings. The number of hydrogen-bond acceptors (Lipinski definition) is 3. The van der Waals surface area contributed by atoms with Crippen molar-refractivity contribution < 1.29 is 4.92 Å². The largest absolute Gasteiger partial charge is 0.268 e. The fourth-order valence-corrected chi connectivity index (χ4v) is 2.15. The van der Waals surface area contributed by atoms with Gasteiger partial charge < -0.3 is 0 Å². The Hall–Kier alpha value is -0.640. The predicted molar refractivity (Wildman–Crippen MR) is 39.7 cm³/mol. The van der Waals surface area contributed by atoms with Crippen molar-refractivity contribution in [1.29, 1.82) is 0 Å². The van der Waals surface area contributed by atoms with Crippen LogP contribution in [0.25, 0.3) is 0 Å². The van der Waals surface area contributed by atoms with E-state index in [1.54, 1.807) is 0 Å². The molecule has 4 heteroatoms. The predicted octanol–water partition coefficient (Wildman–Crippen LogP) is 0.705. The van der Waals surface area contributed by atoms with Crippen LogP contribution in [0, 0.1) is 16.0 Å². The quantitative estimate of drug-likeness (QED) is 0.415. The molecule has 0 amide bonds. The third-order valence-corrected chi connectivity index (χ3v) is 2.86. The standard InChI is InChI=1S/C7H12N2O2/c10-9(11)7-5-6-1-3-8(7)4-2-6/h6-7H,1-5H2. The van der Waals surface area contributed by atoms with E-state index in [0.717, 1.165) is 19.5 Å². The zero-order valence-corrected chi connectivity index (χ0v) is 6.40. The fourth-order valence-electron chi connectivity index (χ4n) is 2.15. The van der Waals surface area contributed by atoms with Gasteiger partial charge in [0.1, 0.15) is 0 Å². The summed E-state index contributed by atoms with van der Waals surface area (Å²) in [5.74, 6) is 0.635. The molecule has 11 heavy (non-hydrogen) atoms. The average molecular weight is 156 g/mol. The van der Waals surface area contributed by atoms with Crippen molar-refractivity contribution in [3.63, 3.8) is 0 Å². The van der Waals surface area contributed by atoms with Crippen LogP contribution in [0.5, 0.6) is 0 Å². The third kappa shape index (κ3) is 1.11. The van der Waals surface area contributed by atoms with Crippen LogP contribution in [0.4, 0.5) is 0 Å². The summed E-state index contributed by atoms with van der Waals surface area (Å²) < 4.78 is 0. The Balaban J connectivity index is 2.08. The minimum atomic E-state index is -0.359. The van der Waals surface area contributed by atoms with E-state index in [-0.39, 0.29) is 11.1 Å². The Labute approximate surface area is 65.3 Å². The van der Waals surface area contributed by atoms with Crippen LogP contribution in [0.1, 0.15) is 19.3 Å². The normalized spacial score (nSPS) is 42.4. The molecule has 0 saturated carbocycles. The first kappa shape index (κ1) is 7.03. The van der Waals surface area contributed by atoms with Gasteiger partial charge in [-0.25, -0.2) is 4.90 Å². The van der Waals surface area contributed by atoms with E-state index >= 15 is 0 Å².